The average molecular weight is 646 g/mol. The van der Waals surface area contributed by atoms with Crippen molar-refractivity contribution in [2.24, 2.45) is 0 Å². The number of nitrogens with one attached hydrogen (secondary N) is 1. The Hall–Kier alpha value is -1.17. The molecule has 11 N–H and O–H groups in total. The lowest BCUT2D eigenvalue weighted by Crippen LogP contribution is -2.66. The van der Waals surface area contributed by atoms with Gasteiger partial charge in [0.25, 0.3) is 0 Å². The molecule has 0 aromatic heterocycles. The molecule has 18 nitrogen and oxygen atoms in total. The number of unbranched alkanes of at least 4 members (excludes halogenated alkanes) is 1. The maximum Gasteiger partial charge on any atom is 0.219 e. The minimum atomic E-state index is -1.91. The molecular formula is C26H47NO17. The number of aliphatic hydroxyl groups is 10. The van der Waals surface area contributed by atoms with E-state index in [-0.39, 0.29) is 12.5 Å². The molecule has 0 aromatic carbocycles. The molecule has 0 aromatic rings. The summed E-state index contributed by atoms with van der Waals surface area (Å²) < 4.78 is 33.0. The molecule has 3 rings (SSSR count). The van der Waals surface area contributed by atoms with Crippen LogP contribution in [0.4, 0.5) is 0 Å². The number of ether oxygens (including phenoxy) is 6. The molecule has 258 valence electrons. The SMILES string of the molecule is CCCCC(=O)NCCCO[C@@H]1OC(CO)[C@H](O[C@H]2O[C@H](CO)[C@@H](O)C(O[C@@H]3OC(CO)[C@H](O)[C@H](O)C3O)C2O)[C@H](O)C1O. The van der Waals surface area contributed by atoms with Crippen LogP contribution in [0.15, 0.2) is 0 Å². The van der Waals surface area contributed by atoms with E-state index in [4.69, 9.17) is 28.4 Å². The lowest BCUT2D eigenvalue weighted by atomic mass is 9.96. The number of carbonyl (C=O) groups excluding carboxylic acids is 1. The first kappa shape index (κ1) is 37.3. The third-order valence-corrected chi connectivity index (χ3v) is 7.76. The number of rotatable bonds is 15. The van der Waals surface area contributed by atoms with Gasteiger partial charge < -0.3 is 84.8 Å². The van der Waals surface area contributed by atoms with Crippen molar-refractivity contribution in [3.05, 3.63) is 0 Å². The molecule has 0 aliphatic carbocycles. The van der Waals surface area contributed by atoms with E-state index in [0.717, 1.165) is 12.8 Å². The molecule has 3 heterocycles. The fraction of sp³-hybridized carbons (Fsp3) is 0.962. The first-order valence-corrected chi connectivity index (χ1v) is 14.7. The van der Waals surface area contributed by atoms with Crippen molar-refractivity contribution in [2.75, 3.05) is 33.0 Å². The molecule has 0 saturated carbocycles. The molecule has 3 aliphatic heterocycles. The van der Waals surface area contributed by atoms with Crippen molar-refractivity contribution in [2.45, 2.75) is 125 Å². The Morgan fingerprint density at radius 3 is 1.80 bits per heavy atom. The Morgan fingerprint density at radius 2 is 1.18 bits per heavy atom. The molecule has 15 atom stereocenters. The second kappa shape index (κ2) is 17.7. The van der Waals surface area contributed by atoms with Crippen molar-refractivity contribution in [1.29, 1.82) is 0 Å². The first-order valence-electron chi connectivity index (χ1n) is 14.7. The van der Waals surface area contributed by atoms with Crippen molar-refractivity contribution >= 4 is 5.91 Å². The first-order chi connectivity index (χ1) is 21.0. The average Bonchev–Trinajstić information content (AvgIpc) is 3.02. The maximum absolute atomic E-state index is 11.7. The van der Waals surface area contributed by atoms with E-state index in [1.807, 2.05) is 6.92 Å². The summed E-state index contributed by atoms with van der Waals surface area (Å²) in [5, 5.41) is 105. The fourth-order valence-corrected chi connectivity index (χ4v) is 5.10. The Morgan fingerprint density at radius 1 is 0.636 bits per heavy atom. The summed E-state index contributed by atoms with van der Waals surface area (Å²) in [7, 11) is 0. The van der Waals surface area contributed by atoms with Gasteiger partial charge in [-0.2, -0.15) is 0 Å². The van der Waals surface area contributed by atoms with Crippen LogP contribution in [0.5, 0.6) is 0 Å². The second-order valence-electron chi connectivity index (χ2n) is 11.0. The zero-order valence-corrected chi connectivity index (χ0v) is 24.4. The second-order valence-corrected chi connectivity index (χ2v) is 11.0. The van der Waals surface area contributed by atoms with E-state index in [0.29, 0.717) is 19.4 Å². The molecule has 3 aliphatic rings. The Labute approximate surface area is 253 Å². The van der Waals surface area contributed by atoms with Crippen LogP contribution in [0.25, 0.3) is 0 Å². The summed E-state index contributed by atoms with van der Waals surface area (Å²) in [6.07, 6.45) is -22.3. The zero-order valence-electron chi connectivity index (χ0n) is 24.4. The monoisotopic (exact) mass is 645 g/mol. The molecule has 1 amide bonds. The van der Waals surface area contributed by atoms with E-state index in [1.165, 1.54) is 0 Å². The lowest BCUT2D eigenvalue weighted by Gasteiger charge is -2.48. The summed E-state index contributed by atoms with van der Waals surface area (Å²) in [5.41, 5.74) is 0. The molecule has 44 heavy (non-hydrogen) atoms. The standard InChI is InChI=1S/C26H47NO17/c1-2-3-5-14(31)27-6-4-7-39-24-20(37)18(35)22(13(10-30)42-24)43-26-21(38)23(16(33)12(9-29)41-26)44-25-19(36)17(34)15(32)11(8-28)40-25/h11-13,15-26,28-30,32-38H,2-10H2,1H3,(H,27,31)/t11?,12-,13?,15+,16-,17+,18-,19?,20?,21?,22+,23?,24-,25+,26-/m1/s1. The molecule has 0 bridgehead atoms. The summed E-state index contributed by atoms with van der Waals surface area (Å²) in [6.45, 7) is 0.00179. The van der Waals surface area contributed by atoms with Crippen LogP contribution in [-0.2, 0) is 33.2 Å². The summed E-state index contributed by atoms with van der Waals surface area (Å²) in [4.78, 5) is 11.7. The van der Waals surface area contributed by atoms with Crippen LogP contribution in [0.1, 0.15) is 32.6 Å². The number of aliphatic hydroxyl groups excluding tert-OH is 10. The van der Waals surface area contributed by atoms with Gasteiger partial charge in [0.1, 0.15) is 73.2 Å². The molecule has 0 radical (unpaired) electrons. The predicted molar refractivity (Wildman–Crippen MR) is 142 cm³/mol. The minimum Gasteiger partial charge on any atom is -0.394 e. The largest absolute Gasteiger partial charge is 0.394 e. The Balaban J connectivity index is 1.62. The molecule has 18 heteroatoms. The van der Waals surface area contributed by atoms with Crippen molar-refractivity contribution in [1.82, 2.24) is 5.32 Å². The Bertz CT molecular complexity index is 853. The normalized spacial score (nSPS) is 43.1. The van der Waals surface area contributed by atoms with Gasteiger partial charge in [-0.05, 0) is 12.8 Å². The van der Waals surface area contributed by atoms with Crippen LogP contribution in [0, 0.1) is 0 Å². The maximum atomic E-state index is 11.7. The quantitative estimate of drug-likeness (QED) is 0.0739. The van der Waals surface area contributed by atoms with E-state index < -0.39 is 112 Å². The fourth-order valence-electron chi connectivity index (χ4n) is 5.10. The van der Waals surface area contributed by atoms with Crippen LogP contribution < -0.4 is 5.32 Å². The molecule has 0 spiro atoms. The van der Waals surface area contributed by atoms with Gasteiger partial charge in [-0.1, -0.05) is 13.3 Å². The highest BCUT2D eigenvalue weighted by Crippen LogP contribution is 2.32. The van der Waals surface area contributed by atoms with Crippen LogP contribution in [0.3, 0.4) is 0 Å². The molecular weight excluding hydrogens is 598 g/mol. The summed E-state index contributed by atoms with van der Waals surface area (Å²) >= 11 is 0. The van der Waals surface area contributed by atoms with E-state index >= 15 is 0 Å². The number of hydrogen-bond donors (Lipinski definition) is 11. The van der Waals surface area contributed by atoms with Gasteiger partial charge in [-0.15, -0.1) is 0 Å². The lowest BCUT2D eigenvalue weighted by molar-refractivity contribution is -0.380. The van der Waals surface area contributed by atoms with Gasteiger partial charge in [0.05, 0.1) is 26.4 Å². The van der Waals surface area contributed by atoms with E-state index in [2.05, 4.69) is 5.32 Å². The third-order valence-electron chi connectivity index (χ3n) is 7.76. The van der Waals surface area contributed by atoms with Gasteiger partial charge >= 0.3 is 0 Å². The van der Waals surface area contributed by atoms with Crippen LogP contribution in [0.2, 0.25) is 0 Å². The van der Waals surface area contributed by atoms with Gasteiger partial charge in [0.2, 0.25) is 5.91 Å². The van der Waals surface area contributed by atoms with Crippen LogP contribution in [-0.4, -0.2) is 182 Å². The number of hydrogen-bond acceptors (Lipinski definition) is 17. The van der Waals surface area contributed by atoms with Gasteiger partial charge in [0, 0.05) is 13.0 Å². The Kier molecular flexibility index (Phi) is 15.0. The number of amides is 1. The highest BCUT2D eigenvalue weighted by molar-refractivity contribution is 5.75. The number of carbonyl (C=O) groups is 1. The highest BCUT2D eigenvalue weighted by Gasteiger charge is 2.53. The summed E-state index contributed by atoms with van der Waals surface area (Å²) in [6, 6.07) is 0. The molecule has 3 fully saturated rings. The van der Waals surface area contributed by atoms with Gasteiger partial charge in [-0.3, -0.25) is 4.79 Å². The minimum absolute atomic E-state index is 0.0314. The third kappa shape index (κ3) is 9.00. The van der Waals surface area contributed by atoms with E-state index in [1.54, 1.807) is 0 Å². The topological polar surface area (TPSA) is 287 Å². The van der Waals surface area contributed by atoms with Crippen molar-refractivity contribution < 1.29 is 84.3 Å². The summed E-state index contributed by atoms with van der Waals surface area (Å²) in [5.74, 6) is -0.0968. The highest BCUT2D eigenvalue weighted by atomic mass is 16.8. The van der Waals surface area contributed by atoms with E-state index in [9.17, 15) is 55.9 Å². The van der Waals surface area contributed by atoms with Crippen LogP contribution >= 0.6 is 0 Å². The van der Waals surface area contributed by atoms with Crippen molar-refractivity contribution in [3.8, 4) is 0 Å². The van der Waals surface area contributed by atoms with Gasteiger partial charge in [-0.25, -0.2) is 0 Å². The van der Waals surface area contributed by atoms with Crippen molar-refractivity contribution in [3.63, 3.8) is 0 Å². The molecule has 6 unspecified atom stereocenters. The predicted octanol–water partition coefficient (Wildman–Crippen LogP) is -5.85. The zero-order chi connectivity index (χ0) is 32.6. The van der Waals surface area contributed by atoms with Gasteiger partial charge in [0.15, 0.2) is 18.9 Å². The smallest absolute Gasteiger partial charge is 0.219 e. The molecule has 3 saturated heterocycles.